The molecule has 0 atom stereocenters. The molecule has 0 aromatic carbocycles. The van der Waals surface area contributed by atoms with Gasteiger partial charge in [0, 0.05) is 17.8 Å². The lowest BCUT2D eigenvalue weighted by atomic mass is 9.84. The van der Waals surface area contributed by atoms with Gasteiger partial charge in [-0.15, -0.1) is 22.9 Å². The molecule has 1 heterocycles. The van der Waals surface area contributed by atoms with E-state index < -0.39 is 0 Å². The monoisotopic (exact) mass is 259 g/mol. The number of rotatable bonds is 6. The van der Waals surface area contributed by atoms with Crippen LogP contribution in [0.5, 0.6) is 0 Å². The second-order valence-electron chi connectivity index (χ2n) is 4.00. The quantitative estimate of drug-likeness (QED) is 0.778. The molecule has 0 aliphatic rings. The molecule has 1 aromatic heterocycles. The fraction of sp³-hybridized carbons (Fsp3) is 0.583. The van der Waals surface area contributed by atoms with Gasteiger partial charge < -0.3 is 5.32 Å². The Morgan fingerprint density at radius 3 is 2.62 bits per heavy atom. The fourth-order valence-corrected chi connectivity index (χ4v) is 2.61. The Labute approximate surface area is 106 Å². The number of hydrogen-bond acceptors (Lipinski definition) is 2. The second-order valence-corrected chi connectivity index (χ2v) is 5.22. The lowest BCUT2D eigenvalue weighted by molar-refractivity contribution is 0.0936. The molecule has 0 bridgehead atoms. The van der Waals surface area contributed by atoms with E-state index in [9.17, 15) is 4.79 Å². The van der Waals surface area contributed by atoms with Crippen molar-refractivity contribution in [1.29, 1.82) is 0 Å². The first-order chi connectivity index (χ1) is 7.67. The van der Waals surface area contributed by atoms with E-state index >= 15 is 0 Å². The third-order valence-electron chi connectivity index (χ3n) is 3.15. The van der Waals surface area contributed by atoms with Crippen LogP contribution in [0.4, 0.5) is 0 Å². The van der Waals surface area contributed by atoms with E-state index in [-0.39, 0.29) is 11.3 Å². The van der Waals surface area contributed by atoms with E-state index in [0.29, 0.717) is 12.4 Å². The van der Waals surface area contributed by atoms with E-state index in [1.165, 1.54) is 11.3 Å². The highest BCUT2D eigenvalue weighted by Crippen LogP contribution is 2.27. The lowest BCUT2D eigenvalue weighted by Crippen LogP contribution is -2.38. The van der Waals surface area contributed by atoms with Gasteiger partial charge in [-0.25, -0.2) is 0 Å². The van der Waals surface area contributed by atoms with Crippen LogP contribution < -0.4 is 5.32 Å². The summed E-state index contributed by atoms with van der Waals surface area (Å²) in [5, 5.41) is 4.87. The standard InChI is InChI=1S/C12H18ClNOS/c1-3-12(4-2,8-13)9-14-11(15)10-6-5-7-16-10/h5-7H,3-4,8-9H2,1-2H3,(H,14,15). The summed E-state index contributed by atoms with van der Waals surface area (Å²) >= 11 is 7.44. The Morgan fingerprint density at radius 2 is 2.19 bits per heavy atom. The maximum absolute atomic E-state index is 11.8. The third-order valence-corrected chi connectivity index (χ3v) is 4.59. The summed E-state index contributed by atoms with van der Waals surface area (Å²) in [4.78, 5) is 12.5. The average Bonchev–Trinajstić information content (AvgIpc) is 2.85. The second kappa shape index (κ2) is 6.26. The van der Waals surface area contributed by atoms with Crippen LogP contribution in [0, 0.1) is 5.41 Å². The van der Waals surface area contributed by atoms with E-state index in [1.54, 1.807) is 0 Å². The summed E-state index contributed by atoms with van der Waals surface area (Å²) in [6, 6.07) is 3.72. The molecule has 2 nitrogen and oxygen atoms in total. The van der Waals surface area contributed by atoms with Crippen molar-refractivity contribution < 1.29 is 4.79 Å². The number of thiophene rings is 1. The van der Waals surface area contributed by atoms with E-state index in [0.717, 1.165) is 17.7 Å². The van der Waals surface area contributed by atoms with Crippen molar-refractivity contribution in [3.8, 4) is 0 Å². The molecule has 1 amide bonds. The van der Waals surface area contributed by atoms with Gasteiger partial charge in [0.2, 0.25) is 0 Å². The minimum atomic E-state index is 0.00592. The van der Waals surface area contributed by atoms with Gasteiger partial charge in [0.25, 0.3) is 5.91 Å². The van der Waals surface area contributed by atoms with Crippen LogP contribution in [0.15, 0.2) is 17.5 Å². The summed E-state index contributed by atoms with van der Waals surface area (Å²) in [7, 11) is 0. The fourth-order valence-electron chi connectivity index (χ4n) is 1.50. The predicted molar refractivity (Wildman–Crippen MR) is 70.4 cm³/mol. The van der Waals surface area contributed by atoms with Crippen molar-refractivity contribution >= 4 is 28.8 Å². The number of alkyl halides is 1. The van der Waals surface area contributed by atoms with Crippen molar-refractivity contribution in [3.05, 3.63) is 22.4 Å². The lowest BCUT2D eigenvalue weighted by Gasteiger charge is -2.29. The molecule has 0 aliphatic carbocycles. The molecule has 1 aromatic rings. The van der Waals surface area contributed by atoms with Crippen molar-refractivity contribution in [2.24, 2.45) is 5.41 Å². The van der Waals surface area contributed by atoms with Gasteiger partial charge in [-0.05, 0) is 24.3 Å². The summed E-state index contributed by atoms with van der Waals surface area (Å²) in [5.74, 6) is 0.594. The van der Waals surface area contributed by atoms with Crippen LogP contribution >= 0.6 is 22.9 Å². The molecule has 0 fully saturated rings. The van der Waals surface area contributed by atoms with Crippen LogP contribution in [0.3, 0.4) is 0 Å². The van der Waals surface area contributed by atoms with Gasteiger partial charge in [-0.2, -0.15) is 0 Å². The number of halogens is 1. The van der Waals surface area contributed by atoms with Gasteiger partial charge in [0.1, 0.15) is 0 Å². The van der Waals surface area contributed by atoms with E-state index in [2.05, 4.69) is 19.2 Å². The van der Waals surface area contributed by atoms with Crippen LogP contribution in [0.25, 0.3) is 0 Å². The molecule has 0 saturated carbocycles. The maximum Gasteiger partial charge on any atom is 0.261 e. The zero-order valence-electron chi connectivity index (χ0n) is 9.75. The summed E-state index contributed by atoms with van der Waals surface area (Å²) in [6.07, 6.45) is 1.97. The number of carbonyl (C=O) groups is 1. The highest BCUT2D eigenvalue weighted by atomic mass is 35.5. The predicted octanol–water partition coefficient (Wildman–Crippen LogP) is 3.52. The Hall–Kier alpha value is -0.540. The average molecular weight is 260 g/mol. The van der Waals surface area contributed by atoms with Crippen molar-refractivity contribution in [1.82, 2.24) is 5.32 Å². The largest absolute Gasteiger partial charge is 0.351 e. The first-order valence-corrected chi connectivity index (χ1v) is 6.96. The molecule has 0 spiro atoms. The number of carbonyl (C=O) groups excluding carboxylic acids is 1. The Kier molecular flexibility index (Phi) is 5.29. The summed E-state index contributed by atoms with van der Waals surface area (Å²) in [5.41, 5.74) is 0.0362. The molecule has 0 unspecified atom stereocenters. The Balaban J connectivity index is 2.53. The molecule has 0 aliphatic heterocycles. The first-order valence-electron chi connectivity index (χ1n) is 5.55. The third kappa shape index (κ3) is 3.22. The van der Waals surface area contributed by atoms with Gasteiger partial charge in [-0.3, -0.25) is 4.79 Å². The SMILES string of the molecule is CCC(CC)(CCl)CNC(=O)c1cccs1. The zero-order valence-corrected chi connectivity index (χ0v) is 11.3. The molecular formula is C12H18ClNOS. The number of amides is 1. The minimum Gasteiger partial charge on any atom is -0.351 e. The van der Waals surface area contributed by atoms with Crippen LogP contribution in [-0.2, 0) is 0 Å². The van der Waals surface area contributed by atoms with Gasteiger partial charge in [0.05, 0.1) is 4.88 Å². The van der Waals surface area contributed by atoms with E-state index in [4.69, 9.17) is 11.6 Å². The minimum absolute atomic E-state index is 0.00592. The summed E-state index contributed by atoms with van der Waals surface area (Å²) in [6.45, 7) is 4.88. The normalized spacial score (nSPS) is 11.4. The molecule has 0 saturated heterocycles. The topological polar surface area (TPSA) is 29.1 Å². The maximum atomic E-state index is 11.8. The number of hydrogen-bond donors (Lipinski definition) is 1. The molecule has 4 heteroatoms. The smallest absolute Gasteiger partial charge is 0.261 e. The highest BCUT2D eigenvalue weighted by molar-refractivity contribution is 7.12. The molecule has 90 valence electrons. The van der Waals surface area contributed by atoms with Crippen molar-refractivity contribution in [2.75, 3.05) is 12.4 Å². The zero-order chi connectivity index (χ0) is 12.0. The van der Waals surface area contributed by atoms with Crippen molar-refractivity contribution in [2.45, 2.75) is 26.7 Å². The molecule has 1 N–H and O–H groups in total. The van der Waals surface area contributed by atoms with E-state index in [1.807, 2.05) is 17.5 Å². The number of nitrogens with one attached hydrogen (secondary N) is 1. The van der Waals surface area contributed by atoms with Gasteiger partial charge in [0.15, 0.2) is 0 Å². The Bertz CT molecular complexity index is 312. The van der Waals surface area contributed by atoms with Gasteiger partial charge in [-0.1, -0.05) is 19.9 Å². The summed E-state index contributed by atoms with van der Waals surface area (Å²) < 4.78 is 0. The Morgan fingerprint density at radius 1 is 1.50 bits per heavy atom. The highest BCUT2D eigenvalue weighted by Gasteiger charge is 2.25. The molecule has 16 heavy (non-hydrogen) atoms. The molecular weight excluding hydrogens is 242 g/mol. The van der Waals surface area contributed by atoms with Crippen molar-refractivity contribution in [3.63, 3.8) is 0 Å². The van der Waals surface area contributed by atoms with Gasteiger partial charge >= 0.3 is 0 Å². The first kappa shape index (κ1) is 13.5. The van der Waals surface area contributed by atoms with Crippen LogP contribution in [0.1, 0.15) is 36.4 Å². The molecule has 0 radical (unpaired) electrons. The van der Waals surface area contributed by atoms with Crippen LogP contribution in [-0.4, -0.2) is 18.3 Å². The molecule has 1 rings (SSSR count). The van der Waals surface area contributed by atoms with Crippen LogP contribution in [0.2, 0.25) is 0 Å².